The average Bonchev–Trinajstić information content (AvgIpc) is 3.10. The Morgan fingerprint density at radius 3 is 1.85 bits per heavy atom. The molecule has 0 fully saturated rings. The van der Waals surface area contributed by atoms with Crippen LogP contribution in [0.25, 0.3) is 42.4 Å². The molecule has 5 aromatic rings. The molecule has 0 aliphatic heterocycles. The minimum Gasteiger partial charge on any atom is -0.134 e. The number of hydrogen-bond donors (Lipinski definition) is 0. The third kappa shape index (κ3) is 2.36. The van der Waals surface area contributed by atoms with Gasteiger partial charge in [0.2, 0.25) is 0 Å². The highest BCUT2D eigenvalue weighted by molar-refractivity contribution is 7.26. The van der Waals surface area contributed by atoms with E-state index >= 15 is 0 Å². The van der Waals surface area contributed by atoms with Crippen molar-refractivity contribution in [1.29, 1.82) is 0 Å². The second-order valence-corrected chi connectivity index (χ2v) is 7.67. The van der Waals surface area contributed by atoms with Gasteiger partial charge in [0.15, 0.2) is 0 Å². The smallest absolute Gasteiger partial charge is 0.0440 e. The van der Waals surface area contributed by atoms with Crippen LogP contribution in [0, 0.1) is 6.92 Å². The molecule has 1 aromatic heterocycles. The number of benzene rings is 4. The Balaban J connectivity index is 1.94. The van der Waals surface area contributed by atoms with Gasteiger partial charge in [0.05, 0.1) is 0 Å². The van der Waals surface area contributed by atoms with Crippen LogP contribution >= 0.6 is 11.3 Å². The molecule has 0 atom stereocenters. The summed E-state index contributed by atoms with van der Waals surface area (Å²) in [5, 5.41) is 2.74. The predicted octanol–water partition coefficient (Wildman–Crippen LogP) is 7.70. The maximum absolute atomic E-state index is 2.29. The molecular formula is C25H18S. The molecule has 0 saturated heterocycles. The third-order valence-electron chi connectivity index (χ3n) is 5.01. The number of aryl methyl sites for hydroxylation is 1. The predicted molar refractivity (Wildman–Crippen MR) is 115 cm³/mol. The number of rotatable bonds is 2. The minimum absolute atomic E-state index is 1.28. The van der Waals surface area contributed by atoms with Crippen LogP contribution in [0.1, 0.15) is 5.56 Å². The normalized spacial score (nSPS) is 11.3. The van der Waals surface area contributed by atoms with Gasteiger partial charge in [0.1, 0.15) is 0 Å². The Morgan fingerprint density at radius 2 is 1.15 bits per heavy atom. The van der Waals surface area contributed by atoms with Crippen molar-refractivity contribution in [3.8, 4) is 22.3 Å². The lowest BCUT2D eigenvalue weighted by atomic mass is 9.95. The highest BCUT2D eigenvalue weighted by atomic mass is 32.1. The van der Waals surface area contributed by atoms with E-state index in [1.54, 1.807) is 0 Å². The Labute approximate surface area is 157 Å². The van der Waals surface area contributed by atoms with Crippen LogP contribution in [-0.4, -0.2) is 0 Å². The highest BCUT2D eigenvalue weighted by Gasteiger charge is 2.16. The van der Waals surface area contributed by atoms with E-state index in [1.807, 2.05) is 11.3 Å². The van der Waals surface area contributed by atoms with E-state index in [0.29, 0.717) is 0 Å². The van der Waals surface area contributed by atoms with Gasteiger partial charge in [0, 0.05) is 20.2 Å². The molecule has 0 nitrogen and oxygen atoms in total. The maximum Gasteiger partial charge on any atom is 0.0440 e. The third-order valence-corrected chi connectivity index (χ3v) is 6.39. The van der Waals surface area contributed by atoms with Gasteiger partial charge in [-0.3, -0.25) is 0 Å². The average molecular weight is 350 g/mol. The summed E-state index contributed by atoms with van der Waals surface area (Å²) in [5.74, 6) is 0. The number of hydrogen-bond acceptors (Lipinski definition) is 1. The molecule has 0 saturated carbocycles. The fourth-order valence-electron chi connectivity index (χ4n) is 3.75. The monoisotopic (exact) mass is 350 g/mol. The molecule has 124 valence electrons. The first-order valence-corrected chi connectivity index (χ1v) is 9.70. The topological polar surface area (TPSA) is 0 Å². The minimum atomic E-state index is 1.28. The zero-order valence-electron chi connectivity index (χ0n) is 14.6. The second-order valence-electron chi connectivity index (χ2n) is 6.65. The van der Waals surface area contributed by atoms with Crippen LogP contribution in [0.15, 0.2) is 91.0 Å². The molecule has 0 amide bonds. The van der Waals surface area contributed by atoms with Gasteiger partial charge in [-0.2, -0.15) is 0 Å². The van der Waals surface area contributed by atoms with Gasteiger partial charge in [-0.25, -0.2) is 0 Å². The quantitative estimate of drug-likeness (QED) is 0.306. The standard InChI is InChI=1S/C25H18S/c1-17-9-8-14-22-23-20(18-10-4-2-5-11-18)15-16-21(25(23)26-24(17)22)19-12-6-3-7-13-19/h2-16H,1H3. The molecule has 0 aliphatic carbocycles. The lowest BCUT2D eigenvalue weighted by Gasteiger charge is -2.09. The summed E-state index contributed by atoms with van der Waals surface area (Å²) in [4.78, 5) is 0. The van der Waals surface area contributed by atoms with Gasteiger partial charge < -0.3 is 0 Å². The van der Waals surface area contributed by atoms with E-state index in [2.05, 4.69) is 97.9 Å². The molecule has 0 unspecified atom stereocenters. The summed E-state index contributed by atoms with van der Waals surface area (Å²) in [7, 11) is 0. The summed E-state index contributed by atoms with van der Waals surface area (Å²) >= 11 is 1.92. The molecule has 1 heteroatoms. The summed E-state index contributed by atoms with van der Waals surface area (Å²) in [6.07, 6.45) is 0. The Kier molecular flexibility index (Phi) is 3.62. The van der Waals surface area contributed by atoms with Crippen LogP contribution in [0.2, 0.25) is 0 Å². The van der Waals surface area contributed by atoms with Crippen molar-refractivity contribution in [1.82, 2.24) is 0 Å². The molecular weight excluding hydrogens is 332 g/mol. The molecule has 0 N–H and O–H groups in total. The molecule has 5 rings (SSSR count). The molecule has 4 aromatic carbocycles. The van der Waals surface area contributed by atoms with Crippen molar-refractivity contribution in [2.45, 2.75) is 6.92 Å². The Morgan fingerprint density at radius 1 is 0.538 bits per heavy atom. The Bertz CT molecular complexity index is 1210. The van der Waals surface area contributed by atoms with Crippen LogP contribution in [0.5, 0.6) is 0 Å². The van der Waals surface area contributed by atoms with E-state index in [9.17, 15) is 0 Å². The van der Waals surface area contributed by atoms with Crippen LogP contribution in [0.3, 0.4) is 0 Å². The zero-order valence-corrected chi connectivity index (χ0v) is 15.4. The van der Waals surface area contributed by atoms with Crippen LogP contribution in [0.4, 0.5) is 0 Å². The van der Waals surface area contributed by atoms with Gasteiger partial charge in [0.25, 0.3) is 0 Å². The van der Waals surface area contributed by atoms with E-state index < -0.39 is 0 Å². The first-order valence-electron chi connectivity index (χ1n) is 8.88. The summed E-state index contributed by atoms with van der Waals surface area (Å²) < 4.78 is 2.77. The first kappa shape index (κ1) is 15.4. The van der Waals surface area contributed by atoms with E-state index in [-0.39, 0.29) is 0 Å². The van der Waals surface area contributed by atoms with Crippen molar-refractivity contribution in [3.05, 3.63) is 96.6 Å². The molecule has 26 heavy (non-hydrogen) atoms. The Hall–Kier alpha value is -2.90. The zero-order chi connectivity index (χ0) is 17.5. The van der Waals surface area contributed by atoms with E-state index in [1.165, 1.54) is 48.0 Å². The van der Waals surface area contributed by atoms with Crippen molar-refractivity contribution in [2.75, 3.05) is 0 Å². The van der Waals surface area contributed by atoms with Crippen LogP contribution < -0.4 is 0 Å². The second kappa shape index (κ2) is 6.12. The molecule has 1 heterocycles. The van der Waals surface area contributed by atoms with Crippen molar-refractivity contribution in [3.63, 3.8) is 0 Å². The van der Waals surface area contributed by atoms with Crippen LogP contribution in [-0.2, 0) is 0 Å². The van der Waals surface area contributed by atoms with Crippen molar-refractivity contribution < 1.29 is 0 Å². The number of fused-ring (bicyclic) bond motifs is 3. The summed E-state index contributed by atoms with van der Waals surface area (Å²) in [6.45, 7) is 2.21. The lowest BCUT2D eigenvalue weighted by molar-refractivity contribution is 1.56. The fraction of sp³-hybridized carbons (Fsp3) is 0.0400. The summed E-state index contributed by atoms with van der Waals surface area (Å²) in [5.41, 5.74) is 6.54. The largest absolute Gasteiger partial charge is 0.134 e. The van der Waals surface area contributed by atoms with Crippen molar-refractivity contribution in [2.24, 2.45) is 0 Å². The van der Waals surface area contributed by atoms with Gasteiger partial charge in [-0.15, -0.1) is 11.3 Å². The van der Waals surface area contributed by atoms with Crippen molar-refractivity contribution >= 4 is 31.5 Å². The molecule has 0 radical (unpaired) electrons. The molecule has 0 aliphatic rings. The van der Waals surface area contributed by atoms with Gasteiger partial charge >= 0.3 is 0 Å². The SMILES string of the molecule is Cc1cccc2c1sc1c(-c3ccccc3)ccc(-c3ccccc3)c12. The van der Waals surface area contributed by atoms with E-state index in [4.69, 9.17) is 0 Å². The molecule has 0 bridgehead atoms. The summed E-state index contributed by atoms with van der Waals surface area (Å²) in [6, 6.07) is 32.7. The van der Waals surface area contributed by atoms with Gasteiger partial charge in [-0.05, 0) is 34.7 Å². The van der Waals surface area contributed by atoms with E-state index in [0.717, 1.165) is 0 Å². The number of thiophene rings is 1. The first-order chi connectivity index (χ1) is 12.8. The van der Waals surface area contributed by atoms with Gasteiger partial charge in [-0.1, -0.05) is 91.0 Å². The lowest BCUT2D eigenvalue weighted by Crippen LogP contribution is -1.83. The fourth-order valence-corrected chi connectivity index (χ4v) is 5.08. The molecule has 0 spiro atoms. The maximum atomic E-state index is 2.29. The highest BCUT2D eigenvalue weighted by Crippen LogP contribution is 2.45.